The summed E-state index contributed by atoms with van der Waals surface area (Å²) in [5.41, 5.74) is 0.548. The lowest BCUT2D eigenvalue weighted by Gasteiger charge is -2.23. The van der Waals surface area contributed by atoms with Gasteiger partial charge in [-0.3, -0.25) is 0 Å². The average molecular weight is 353 g/mol. The Morgan fingerprint density at radius 1 is 1.33 bits per heavy atom. The Morgan fingerprint density at radius 2 is 2.08 bits per heavy atom. The van der Waals surface area contributed by atoms with Crippen molar-refractivity contribution in [1.29, 1.82) is 0 Å². The minimum atomic E-state index is -1.02. The molecule has 132 valence electrons. The van der Waals surface area contributed by atoms with Crippen molar-refractivity contribution in [3.63, 3.8) is 0 Å². The van der Waals surface area contributed by atoms with Gasteiger partial charge in [-0.1, -0.05) is 25.1 Å². The van der Waals surface area contributed by atoms with Crippen LogP contribution in [0.2, 0.25) is 0 Å². The zero-order valence-corrected chi connectivity index (χ0v) is 15.1. The molecule has 2 fully saturated rings. The third kappa shape index (κ3) is 3.95. The molecule has 1 unspecified atom stereocenters. The molecule has 0 aliphatic carbocycles. The van der Waals surface area contributed by atoms with Crippen LogP contribution in [0.4, 0.5) is 0 Å². The Labute approximate surface area is 144 Å². The molecule has 24 heavy (non-hydrogen) atoms. The van der Waals surface area contributed by atoms with Crippen molar-refractivity contribution in [3.05, 3.63) is 35.9 Å². The predicted molar refractivity (Wildman–Crippen MR) is 90.6 cm³/mol. The largest absolute Gasteiger partial charge is 0.456 e. The summed E-state index contributed by atoms with van der Waals surface area (Å²) >= 11 is 0. The number of benzene rings is 1. The van der Waals surface area contributed by atoms with Crippen molar-refractivity contribution >= 4 is 14.5 Å². The first-order valence-corrected chi connectivity index (χ1v) is 9.38. The Kier molecular flexibility index (Phi) is 5.85. The molecule has 0 radical (unpaired) electrons. The van der Waals surface area contributed by atoms with Crippen LogP contribution >= 0.6 is 8.53 Å². The van der Waals surface area contributed by atoms with Crippen LogP contribution in [0.25, 0.3) is 0 Å². The van der Waals surface area contributed by atoms with E-state index in [9.17, 15) is 4.79 Å². The van der Waals surface area contributed by atoms with Gasteiger partial charge >= 0.3 is 5.97 Å². The molecule has 0 spiro atoms. The first-order chi connectivity index (χ1) is 11.6. The van der Waals surface area contributed by atoms with Crippen LogP contribution in [0.3, 0.4) is 0 Å². The van der Waals surface area contributed by atoms with Gasteiger partial charge in [0.05, 0.1) is 24.9 Å². The van der Waals surface area contributed by atoms with E-state index in [0.717, 1.165) is 6.54 Å². The summed E-state index contributed by atoms with van der Waals surface area (Å²) in [6.45, 7) is 5.95. The standard InChI is InChI=1S/C17H24NO5P/c1-12-13(2)22-15(11-21-24-18(3)9-10-20-24)16(12)23-17(19)14-7-5-4-6-8-14/h4-8,12-13,15-16H,9-11H2,1-3H3/t12-,13-,15+,16-,24?/m0/s1. The number of carbonyl (C=O) groups is 1. The molecule has 2 aliphatic heterocycles. The second kappa shape index (κ2) is 7.89. The van der Waals surface area contributed by atoms with E-state index in [1.54, 1.807) is 12.1 Å². The molecule has 2 aliphatic rings. The van der Waals surface area contributed by atoms with Gasteiger partial charge in [0.15, 0.2) is 0 Å². The third-order valence-corrected chi connectivity index (χ3v) is 6.04. The molecule has 0 amide bonds. The maximum atomic E-state index is 12.4. The van der Waals surface area contributed by atoms with E-state index in [1.807, 2.05) is 39.1 Å². The minimum Gasteiger partial charge on any atom is -0.456 e. The van der Waals surface area contributed by atoms with Crippen LogP contribution in [0, 0.1) is 5.92 Å². The van der Waals surface area contributed by atoms with E-state index in [-0.39, 0.29) is 30.2 Å². The lowest BCUT2D eigenvalue weighted by molar-refractivity contribution is -0.0278. The first-order valence-electron chi connectivity index (χ1n) is 8.24. The molecule has 1 aromatic carbocycles. The number of rotatable bonds is 5. The molecule has 7 heteroatoms. The molecule has 1 aromatic rings. The normalized spacial score (nSPS) is 33.7. The van der Waals surface area contributed by atoms with Gasteiger partial charge in [0, 0.05) is 12.5 Å². The van der Waals surface area contributed by atoms with Crippen LogP contribution < -0.4 is 0 Å². The van der Waals surface area contributed by atoms with E-state index in [0.29, 0.717) is 18.8 Å². The topological polar surface area (TPSA) is 57.2 Å². The maximum Gasteiger partial charge on any atom is 0.338 e. The Balaban J connectivity index is 1.61. The summed E-state index contributed by atoms with van der Waals surface area (Å²) in [6, 6.07) is 9.02. The van der Waals surface area contributed by atoms with Gasteiger partial charge in [-0.15, -0.1) is 0 Å². The van der Waals surface area contributed by atoms with Gasteiger partial charge in [-0.25, -0.2) is 9.46 Å². The highest BCUT2D eigenvalue weighted by Crippen LogP contribution is 2.46. The molecule has 5 atom stereocenters. The lowest BCUT2D eigenvalue weighted by Crippen LogP contribution is -2.34. The summed E-state index contributed by atoms with van der Waals surface area (Å²) in [6.07, 6.45) is -0.583. The highest BCUT2D eigenvalue weighted by molar-refractivity contribution is 7.44. The predicted octanol–water partition coefficient (Wildman–Crippen LogP) is 2.84. The molecule has 2 saturated heterocycles. The first kappa shape index (κ1) is 17.8. The second-order valence-electron chi connectivity index (χ2n) is 6.22. The molecule has 0 bridgehead atoms. The number of carbonyl (C=O) groups excluding carboxylic acids is 1. The number of hydrogen-bond acceptors (Lipinski definition) is 6. The monoisotopic (exact) mass is 353 g/mol. The van der Waals surface area contributed by atoms with Gasteiger partial charge < -0.3 is 18.5 Å². The van der Waals surface area contributed by atoms with Crippen LogP contribution in [0.15, 0.2) is 30.3 Å². The SMILES string of the molecule is C[C@@H]1[C@H](OC(=O)c2ccccc2)[C@@H](COP2OCCN2C)O[C@H]1C. The summed E-state index contributed by atoms with van der Waals surface area (Å²) in [7, 11) is 0.957. The van der Waals surface area contributed by atoms with Gasteiger partial charge in [0.25, 0.3) is 8.53 Å². The van der Waals surface area contributed by atoms with Crippen LogP contribution in [-0.4, -0.2) is 55.8 Å². The molecule has 3 rings (SSSR count). The number of esters is 1. The van der Waals surface area contributed by atoms with Crippen LogP contribution in [0.1, 0.15) is 24.2 Å². The highest BCUT2D eigenvalue weighted by Gasteiger charge is 2.43. The average Bonchev–Trinajstić information content (AvgIpc) is 3.11. The summed E-state index contributed by atoms with van der Waals surface area (Å²) in [5.74, 6) is -0.212. The number of nitrogens with zero attached hydrogens (tertiary/aromatic N) is 1. The lowest BCUT2D eigenvalue weighted by atomic mass is 9.99. The highest BCUT2D eigenvalue weighted by atomic mass is 31.2. The molecular weight excluding hydrogens is 329 g/mol. The van der Waals surface area contributed by atoms with E-state index in [2.05, 4.69) is 4.67 Å². The Hall–Kier alpha value is -1.04. The maximum absolute atomic E-state index is 12.4. The van der Waals surface area contributed by atoms with Crippen molar-refractivity contribution in [3.8, 4) is 0 Å². The smallest absolute Gasteiger partial charge is 0.338 e. The zero-order valence-electron chi connectivity index (χ0n) is 14.3. The van der Waals surface area contributed by atoms with Gasteiger partial charge in [-0.05, 0) is 26.1 Å². The van der Waals surface area contributed by atoms with E-state index in [1.165, 1.54) is 0 Å². The molecule has 2 heterocycles. The quantitative estimate of drug-likeness (QED) is 0.599. The summed E-state index contributed by atoms with van der Waals surface area (Å²) < 4.78 is 25.2. The minimum absolute atomic E-state index is 0.0159. The second-order valence-corrected chi connectivity index (χ2v) is 7.90. The van der Waals surface area contributed by atoms with Crippen molar-refractivity contribution in [2.45, 2.75) is 32.2 Å². The molecule has 6 nitrogen and oxygen atoms in total. The zero-order chi connectivity index (χ0) is 17.1. The summed E-state index contributed by atoms with van der Waals surface area (Å²) in [5, 5.41) is 0. The molecular formula is C17H24NO5P. The van der Waals surface area contributed by atoms with Crippen LogP contribution in [0.5, 0.6) is 0 Å². The van der Waals surface area contributed by atoms with E-state index >= 15 is 0 Å². The number of ether oxygens (including phenoxy) is 2. The molecule has 0 N–H and O–H groups in total. The van der Waals surface area contributed by atoms with Crippen molar-refractivity contribution in [2.75, 3.05) is 26.8 Å². The third-order valence-electron chi connectivity index (χ3n) is 4.51. The van der Waals surface area contributed by atoms with E-state index < -0.39 is 8.53 Å². The Bertz CT molecular complexity index is 557. The van der Waals surface area contributed by atoms with Crippen molar-refractivity contribution < 1.29 is 23.3 Å². The fourth-order valence-electron chi connectivity index (χ4n) is 2.87. The van der Waals surface area contributed by atoms with Crippen LogP contribution in [-0.2, 0) is 18.5 Å². The molecule has 0 aromatic heterocycles. The molecule has 0 saturated carbocycles. The van der Waals surface area contributed by atoms with Crippen molar-refractivity contribution in [2.24, 2.45) is 5.92 Å². The van der Waals surface area contributed by atoms with Crippen molar-refractivity contribution in [1.82, 2.24) is 4.67 Å². The Morgan fingerprint density at radius 3 is 2.75 bits per heavy atom. The van der Waals surface area contributed by atoms with Gasteiger partial charge in [0.2, 0.25) is 0 Å². The fraction of sp³-hybridized carbons (Fsp3) is 0.588. The fourth-order valence-corrected chi connectivity index (χ4v) is 4.10. The summed E-state index contributed by atoms with van der Waals surface area (Å²) in [4.78, 5) is 12.4. The van der Waals surface area contributed by atoms with Gasteiger partial charge in [-0.2, -0.15) is 0 Å². The van der Waals surface area contributed by atoms with Gasteiger partial charge in [0.1, 0.15) is 12.2 Å². The number of likely N-dealkylation sites (N-methyl/N-ethyl adjacent to an activating group) is 1. The van der Waals surface area contributed by atoms with E-state index in [4.69, 9.17) is 18.5 Å². The number of hydrogen-bond donors (Lipinski definition) is 0.